The molecule has 1 N–H and O–H groups in total. The van der Waals surface area contributed by atoms with Crippen molar-refractivity contribution in [1.29, 1.82) is 5.26 Å². The Balaban J connectivity index is 2.03. The summed E-state index contributed by atoms with van der Waals surface area (Å²) < 4.78 is 11.2. The van der Waals surface area contributed by atoms with Crippen LogP contribution in [0.4, 0.5) is 0 Å². The highest BCUT2D eigenvalue weighted by atomic mass is 79.9. The van der Waals surface area contributed by atoms with E-state index in [1.807, 2.05) is 35.2 Å². The van der Waals surface area contributed by atoms with Crippen molar-refractivity contribution in [2.45, 2.75) is 13.0 Å². The number of ether oxygens (including phenoxy) is 2. The lowest BCUT2D eigenvalue weighted by Gasteiger charge is -2.24. The van der Waals surface area contributed by atoms with Crippen molar-refractivity contribution in [2.75, 3.05) is 26.9 Å². The van der Waals surface area contributed by atoms with Crippen LogP contribution in [0.2, 0.25) is 0 Å². The third-order valence-corrected chi connectivity index (χ3v) is 4.94. The van der Waals surface area contributed by atoms with Crippen LogP contribution in [-0.4, -0.2) is 42.8 Å². The van der Waals surface area contributed by atoms with Gasteiger partial charge in [0.25, 0.3) is 5.91 Å². The number of halogens is 1. The molecule has 0 aliphatic heterocycles. The summed E-state index contributed by atoms with van der Waals surface area (Å²) in [6.45, 7) is 1.83. The fourth-order valence-electron chi connectivity index (χ4n) is 2.48. The van der Waals surface area contributed by atoms with Crippen LogP contribution in [0.5, 0.6) is 5.75 Å². The molecule has 0 saturated carbocycles. The van der Waals surface area contributed by atoms with Gasteiger partial charge in [-0.25, -0.2) is 0 Å². The van der Waals surface area contributed by atoms with Crippen LogP contribution in [0.3, 0.4) is 0 Å². The van der Waals surface area contributed by atoms with Crippen LogP contribution in [-0.2, 0) is 11.3 Å². The minimum absolute atomic E-state index is 0.283. The third kappa shape index (κ3) is 7.46. The summed E-state index contributed by atoms with van der Waals surface area (Å²) in [4.78, 5) is 14.4. The first-order valence-electron chi connectivity index (χ1n) is 8.97. The number of thiocarbonyl (C=S) groups is 1. The van der Waals surface area contributed by atoms with Gasteiger partial charge in [0.1, 0.15) is 12.4 Å². The summed E-state index contributed by atoms with van der Waals surface area (Å²) in [5.41, 5.74) is 1.49. The molecule has 2 aromatic carbocycles. The van der Waals surface area contributed by atoms with Gasteiger partial charge in [0.15, 0.2) is 5.11 Å². The van der Waals surface area contributed by atoms with Crippen LogP contribution >= 0.6 is 28.1 Å². The summed E-state index contributed by atoms with van der Waals surface area (Å²) in [5.74, 6) is 0.301. The quantitative estimate of drug-likeness (QED) is 0.437. The molecule has 0 bridgehead atoms. The zero-order chi connectivity index (χ0) is 21.1. The Bertz CT molecular complexity index is 871. The minimum atomic E-state index is -0.325. The predicted octanol–water partition coefficient (Wildman–Crippen LogP) is 3.90. The fraction of sp³-hybridized carbons (Fsp3) is 0.286. The third-order valence-electron chi connectivity index (χ3n) is 3.96. The van der Waals surface area contributed by atoms with E-state index >= 15 is 0 Å². The second-order valence-corrected chi connectivity index (χ2v) is 7.30. The zero-order valence-electron chi connectivity index (χ0n) is 16.1. The average molecular weight is 476 g/mol. The highest BCUT2D eigenvalue weighted by Gasteiger charge is 2.15. The van der Waals surface area contributed by atoms with Gasteiger partial charge in [0.05, 0.1) is 23.6 Å². The Hall–Kier alpha value is -2.47. The molecular formula is C21H22BrN3O3S. The number of nitrogens with zero attached hydrogens (tertiary/aromatic N) is 2. The number of benzene rings is 2. The highest BCUT2D eigenvalue weighted by Crippen LogP contribution is 2.26. The number of carbonyl (C=O) groups is 1. The Morgan fingerprint density at radius 3 is 2.66 bits per heavy atom. The maximum atomic E-state index is 12.6. The van der Waals surface area contributed by atoms with Crippen LogP contribution in [0.15, 0.2) is 53.0 Å². The lowest BCUT2D eigenvalue weighted by atomic mass is 10.2. The lowest BCUT2D eigenvalue weighted by Crippen LogP contribution is -2.42. The summed E-state index contributed by atoms with van der Waals surface area (Å²) in [6.07, 6.45) is 0.307. The molecule has 0 aliphatic carbocycles. The predicted molar refractivity (Wildman–Crippen MR) is 119 cm³/mol. The summed E-state index contributed by atoms with van der Waals surface area (Å²) in [5, 5.41) is 12.0. The first kappa shape index (κ1) is 22.8. The second kappa shape index (κ2) is 12.2. The second-order valence-electron chi connectivity index (χ2n) is 6.06. The van der Waals surface area contributed by atoms with Gasteiger partial charge in [0, 0.05) is 25.8 Å². The molecule has 0 fully saturated rings. The van der Waals surface area contributed by atoms with E-state index in [0.717, 1.165) is 5.56 Å². The molecule has 0 spiro atoms. The molecule has 2 rings (SSSR count). The molecule has 152 valence electrons. The Kier molecular flexibility index (Phi) is 9.57. The molecule has 0 heterocycles. The number of nitriles is 1. The molecule has 0 atom stereocenters. The molecular weight excluding hydrogens is 454 g/mol. The first-order chi connectivity index (χ1) is 14.0. The standard InChI is InChI=1S/C21H22BrN3O3S/c1-27-12-13-28-19-9-8-17(14-18(19)22)20(26)24-21(29)25(11-5-10-23)15-16-6-3-2-4-7-16/h2-4,6-9,14H,5,11-13,15H2,1H3,(H,24,26,29). The van der Waals surface area contributed by atoms with Gasteiger partial charge in [-0.15, -0.1) is 0 Å². The Morgan fingerprint density at radius 1 is 1.24 bits per heavy atom. The number of nitrogens with one attached hydrogen (secondary N) is 1. The topological polar surface area (TPSA) is 74.6 Å². The first-order valence-corrected chi connectivity index (χ1v) is 10.2. The van der Waals surface area contributed by atoms with Crippen molar-refractivity contribution in [2.24, 2.45) is 0 Å². The number of amides is 1. The Morgan fingerprint density at radius 2 is 2.00 bits per heavy atom. The van der Waals surface area contributed by atoms with Gasteiger partial charge in [-0.1, -0.05) is 30.3 Å². The number of carbonyl (C=O) groups excluding carboxylic acids is 1. The smallest absolute Gasteiger partial charge is 0.257 e. The summed E-state index contributed by atoms with van der Waals surface area (Å²) in [7, 11) is 1.60. The van der Waals surface area contributed by atoms with Crippen LogP contribution in [0.1, 0.15) is 22.3 Å². The van der Waals surface area contributed by atoms with Crippen molar-refractivity contribution < 1.29 is 14.3 Å². The summed E-state index contributed by atoms with van der Waals surface area (Å²) in [6, 6.07) is 16.9. The number of hydrogen-bond acceptors (Lipinski definition) is 5. The Labute approximate surface area is 184 Å². The van der Waals surface area contributed by atoms with E-state index in [1.54, 1.807) is 25.3 Å². The molecule has 0 unspecified atom stereocenters. The van der Waals surface area contributed by atoms with E-state index in [0.29, 0.717) is 48.5 Å². The monoisotopic (exact) mass is 475 g/mol. The van der Waals surface area contributed by atoms with Crippen molar-refractivity contribution in [3.05, 3.63) is 64.1 Å². The van der Waals surface area contributed by atoms with Crippen molar-refractivity contribution >= 4 is 39.2 Å². The zero-order valence-corrected chi connectivity index (χ0v) is 18.5. The van der Waals surface area contributed by atoms with E-state index in [-0.39, 0.29) is 11.0 Å². The molecule has 8 heteroatoms. The van der Waals surface area contributed by atoms with Crippen LogP contribution in [0.25, 0.3) is 0 Å². The maximum Gasteiger partial charge on any atom is 0.257 e. The van der Waals surface area contributed by atoms with Crippen molar-refractivity contribution in [1.82, 2.24) is 10.2 Å². The van der Waals surface area contributed by atoms with Crippen LogP contribution < -0.4 is 10.1 Å². The van der Waals surface area contributed by atoms with Gasteiger partial charge in [-0.3, -0.25) is 10.1 Å². The number of rotatable bonds is 9. The molecule has 6 nitrogen and oxygen atoms in total. The van der Waals surface area contributed by atoms with Crippen LogP contribution in [0, 0.1) is 11.3 Å². The highest BCUT2D eigenvalue weighted by molar-refractivity contribution is 9.10. The summed E-state index contributed by atoms with van der Waals surface area (Å²) >= 11 is 8.84. The van der Waals surface area contributed by atoms with E-state index in [1.165, 1.54) is 0 Å². The maximum absolute atomic E-state index is 12.6. The molecule has 2 aromatic rings. The average Bonchev–Trinajstić information content (AvgIpc) is 2.73. The fourth-order valence-corrected chi connectivity index (χ4v) is 3.23. The molecule has 29 heavy (non-hydrogen) atoms. The van der Waals surface area contributed by atoms with E-state index in [4.69, 9.17) is 27.0 Å². The van der Waals surface area contributed by atoms with E-state index < -0.39 is 0 Å². The van der Waals surface area contributed by atoms with Gasteiger partial charge < -0.3 is 14.4 Å². The largest absolute Gasteiger partial charge is 0.490 e. The van der Waals surface area contributed by atoms with E-state index in [9.17, 15) is 4.79 Å². The lowest BCUT2D eigenvalue weighted by molar-refractivity contribution is 0.0973. The molecule has 0 aromatic heterocycles. The van der Waals surface area contributed by atoms with Gasteiger partial charge in [0.2, 0.25) is 0 Å². The van der Waals surface area contributed by atoms with Crippen molar-refractivity contribution in [3.63, 3.8) is 0 Å². The van der Waals surface area contributed by atoms with Gasteiger partial charge in [-0.05, 0) is 51.9 Å². The van der Waals surface area contributed by atoms with Gasteiger partial charge >= 0.3 is 0 Å². The number of methoxy groups -OCH3 is 1. The van der Waals surface area contributed by atoms with Gasteiger partial charge in [-0.2, -0.15) is 5.26 Å². The SMILES string of the molecule is COCCOc1ccc(C(=O)NC(=S)N(CCC#N)Cc2ccccc2)cc1Br. The normalized spacial score (nSPS) is 10.1. The molecule has 0 aliphatic rings. The molecule has 0 radical (unpaired) electrons. The number of hydrogen-bond donors (Lipinski definition) is 1. The van der Waals surface area contributed by atoms with E-state index in [2.05, 4.69) is 27.3 Å². The molecule has 0 saturated heterocycles. The molecule has 1 amide bonds. The van der Waals surface area contributed by atoms with Crippen molar-refractivity contribution in [3.8, 4) is 11.8 Å². The minimum Gasteiger partial charge on any atom is -0.490 e.